The van der Waals surface area contributed by atoms with Gasteiger partial charge < -0.3 is 0 Å². The molecule has 2 nitrogen and oxygen atoms in total. The zero-order chi connectivity index (χ0) is 23.6. The Kier molecular flexibility index (Phi) is 7.29. The Morgan fingerprint density at radius 3 is 1.39 bits per heavy atom. The predicted molar refractivity (Wildman–Crippen MR) is 135 cm³/mol. The molecule has 4 rings (SSSR count). The van der Waals surface area contributed by atoms with E-state index in [0.717, 1.165) is 35.5 Å². The molecule has 172 valence electrons. The van der Waals surface area contributed by atoms with Crippen LogP contribution in [0.2, 0.25) is 0 Å². The Bertz CT molecular complexity index is 1060. The number of hydrogen-bond acceptors (Lipinski definition) is 2. The zero-order valence-corrected chi connectivity index (χ0v) is 23.3. The minimum absolute atomic E-state index is 0.424. The summed E-state index contributed by atoms with van der Waals surface area (Å²) in [6.07, 6.45) is 11.1. The van der Waals surface area contributed by atoms with Crippen LogP contribution in [0.4, 0.5) is 0 Å². The molecule has 0 bridgehead atoms. The summed E-state index contributed by atoms with van der Waals surface area (Å²) >= 11 is -4.16. The number of allylic oxidation sites excluding steroid dienone is 8. The fourth-order valence-electron chi connectivity index (χ4n) is 4.88. The molecule has 0 N–H and O–H groups in total. The van der Waals surface area contributed by atoms with E-state index in [9.17, 15) is 0 Å². The first-order valence-electron chi connectivity index (χ1n) is 12.1. The van der Waals surface area contributed by atoms with E-state index in [2.05, 4.69) is 114 Å². The second kappa shape index (κ2) is 10.0. The minimum atomic E-state index is -4.16. The third kappa shape index (κ3) is 4.76. The summed E-state index contributed by atoms with van der Waals surface area (Å²) in [6.45, 7) is 13.4. The molecule has 2 aliphatic rings. The van der Waals surface area contributed by atoms with Crippen LogP contribution in [0.5, 0.6) is 11.5 Å². The van der Waals surface area contributed by atoms with Crippen molar-refractivity contribution in [1.82, 2.24) is 0 Å². The van der Waals surface area contributed by atoms with E-state index < -0.39 is 21.1 Å². The van der Waals surface area contributed by atoms with Crippen molar-refractivity contribution < 1.29 is 26.8 Å². The van der Waals surface area contributed by atoms with Crippen LogP contribution in [0.1, 0.15) is 51.7 Å². The maximum absolute atomic E-state index is 7.31. The van der Waals surface area contributed by atoms with Gasteiger partial charge in [0.1, 0.15) is 0 Å². The van der Waals surface area contributed by atoms with Gasteiger partial charge in [-0.2, -0.15) is 0 Å². The van der Waals surface area contributed by atoms with E-state index in [1.165, 1.54) is 17.7 Å². The average Bonchev–Trinajstić information content (AvgIpc) is 3.47. The Morgan fingerprint density at radius 2 is 1.03 bits per heavy atom. The third-order valence-corrected chi connectivity index (χ3v) is 15.5. The average molecular weight is 520 g/mol. The van der Waals surface area contributed by atoms with Crippen LogP contribution in [-0.4, -0.2) is 0 Å². The monoisotopic (exact) mass is 518 g/mol. The molecule has 0 radical (unpaired) electrons. The summed E-state index contributed by atoms with van der Waals surface area (Å²) in [6, 6.07) is 16.8. The molecule has 0 fully saturated rings. The Balaban J connectivity index is 2.01. The first kappa shape index (κ1) is 24.0. The van der Waals surface area contributed by atoms with Crippen LogP contribution in [0.15, 0.2) is 90.5 Å². The van der Waals surface area contributed by atoms with Crippen LogP contribution >= 0.6 is 0 Å². The molecule has 0 aromatic heterocycles. The number of rotatable bonds is 8. The van der Waals surface area contributed by atoms with Crippen LogP contribution in [-0.2, 0) is 21.1 Å². The van der Waals surface area contributed by atoms with Gasteiger partial charge in [0.2, 0.25) is 0 Å². The molecule has 2 aromatic rings. The molecule has 0 amide bonds. The summed E-state index contributed by atoms with van der Waals surface area (Å²) in [5, 5.41) is 0. The molecular formula is C30H36O2Zr. The van der Waals surface area contributed by atoms with Gasteiger partial charge >= 0.3 is 206 Å². The Hall–Kier alpha value is -2.12. The van der Waals surface area contributed by atoms with Crippen molar-refractivity contribution in [2.45, 2.75) is 54.4 Å². The van der Waals surface area contributed by atoms with Crippen molar-refractivity contribution in [2.24, 2.45) is 11.8 Å². The summed E-state index contributed by atoms with van der Waals surface area (Å²) in [5.74, 6) is 2.75. The predicted octanol–water partition coefficient (Wildman–Crippen LogP) is 8.49. The summed E-state index contributed by atoms with van der Waals surface area (Å²) in [4.78, 5) is 0. The molecule has 3 heteroatoms. The summed E-state index contributed by atoms with van der Waals surface area (Å²) in [5.41, 5.74) is 5.11. The van der Waals surface area contributed by atoms with Crippen LogP contribution in [0.25, 0.3) is 0 Å². The van der Waals surface area contributed by atoms with Gasteiger partial charge in [0.05, 0.1) is 0 Å². The van der Waals surface area contributed by atoms with Gasteiger partial charge in [0.15, 0.2) is 0 Å². The Morgan fingerprint density at radius 1 is 0.636 bits per heavy atom. The molecular weight excluding hydrogens is 484 g/mol. The second-order valence-corrected chi connectivity index (χ2v) is 16.7. The van der Waals surface area contributed by atoms with E-state index in [-0.39, 0.29) is 0 Å². The van der Waals surface area contributed by atoms with Gasteiger partial charge in [-0.1, -0.05) is 0 Å². The van der Waals surface area contributed by atoms with Crippen molar-refractivity contribution in [3.05, 3.63) is 102 Å². The molecule has 0 heterocycles. The van der Waals surface area contributed by atoms with Crippen LogP contribution in [0, 0.1) is 25.7 Å². The molecule has 0 atom stereocenters. The topological polar surface area (TPSA) is 18.5 Å². The van der Waals surface area contributed by atoms with E-state index in [4.69, 9.17) is 5.63 Å². The summed E-state index contributed by atoms with van der Waals surface area (Å²) in [7, 11) is 0. The van der Waals surface area contributed by atoms with E-state index >= 15 is 0 Å². The number of hydrogen-bond donors (Lipinski definition) is 0. The third-order valence-electron chi connectivity index (χ3n) is 6.67. The van der Waals surface area contributed by atoms with E-state index in [1.807, 2.05) is 0 Å². The number of aryl methyl sites for hydroxylation is 2. The first-order valence-corrected chi connectivity index (χ1v) is 16.6. The zero-order valence-electron chi connectivity index (χ0n) is 20.8. The van der Waals surface area contributed by atoms with Gasteiger partial charge in [-0.05, 0) is 0 Å². The molecule has 0 saturated heterocycles. The van der Waals surface area contributed by atoms with E-state index in [0.29, 0.717) is 11.8 Å². The number of para-hydroxylation sites is 2. The normalized spacial score (nSPS) is 16.0. The fourth-order valence-corrected chi connectivity index (χ4v) is 15.3. The molecule has 2 aromatic carbocycles. The SMILES string of the molecule is Cc1ccccc1[O][Zr]([O]c1ccccc1C)([C]1=C(C(C)C)C=CC1)[C]1=C(C(C)C)C=CC1. The van der Waals surface area contributed by atoms with Crippen molar-refractivity contribution in [3.63, 3.8) is 0 Å². The van der Waals surface area contributed by atoms with Gasteiger partial charge in [-0.15, -0.1) is 0 Å². The van der Waals surface area contributed by atoms with Crippen molar-refractivity contribution in [1.29, 1.82) is 0 Å². The van der Waals surface area contributed by atoms with Gasteiger partial charge in [-0.25, -0.2) is 0 Å². The Labute approximate surface area is 205 Å². The molecule has 0 spiro atoms. The second-order valence-electron chi connectivity index (χ2n) is 9.74. The molecule has 0 aliphatic heterocycles. The quantitative estimate of drug-likeness (QED) is 0.348. The maximum atomic E-state index is 7.31. The molecule has 0 unspecified atom stereocenters. The molecule has 33 heavy (non-hydrogen) atoms. The van der Waals surface area contributed by atoms with E-state index in [1.54, 1.807) is 0 Å². The van der Waals surface area contributed by atoms with Gasteiger partial charge in [-0.3, -0.25) is 0 Å². The first-order chi connectivity index (χ1) is 15.8. The van der Waals surface area contributed by atoms with Crippen molar-refractivity contribution in [2.75, 3.05) is 0 Å². The molecule has 0 saturated carbocycles. The van der Waals surface area contributed by atoms with Gasteiger partial charge in [0, 0.05) is 0 Å². The van der Waals surface area contributed by atoms with Crippen molar-refractivity contribution >= 4 is 0 Å². The standard InChI is InChI=1S/2C8H11.2C7H8O.Zr/c2*1-7(2)8-5-3-4-6-8;2*1-6-4-2-3-5-7(6)8;/h2*3,5,7H,4H2,1-2H3;2*2-5,8H,1H3;/q;;;;+2/p-2. The van der Waals surface area contributed by atoms with Gasteiger partial charge in [0.25, 0.3) is 0 Å². The summed E-state index contributed by atoms with van der Waals surface area (Å²) < 4.78 is 17.5. The fraction of sp³-hybridized carbons (Fsp3) is 0.333. The van der Waals surface area contributed by atoms with Crippen LogP contribution < -0.4 is 5.63 Å². The molecule has 2 aliphatic carbocycles. The van der Waals surface area contributed by atoms with Crippen LogP contribution in [0.3, 0.4) is 0 Å². The van der Waals surface area contributed by atoms with Crippen molar-refractivity contribution in [3.8, 4) is 11.5 Å². The number of benzene rings is 2.